The molecule has 0 atom stereocenters. The molecule has 2 aromatic carbocycles. The maximum Gasteiger partial charge on any atom is 0.170 e. The minimum Gasteiger partial charge on any atom is -0.487 e. The molecule has 0 spiro atoms. The molecule has 26 heavy (non-hydrogen) atoms. The van der Waals surface area contributed by atoms with Gasteiger partial charge in [-0.2, -0.15) is 0 Å². The first-order chi connectivity index (χ1) is 12.5. The fourth-order valence-corrected chi connectivity index (χ4v) is 4.20. The standard InChI is InChI=1S/C17H18I2N4O3/c1-24-22-16(20)11-5-3-4-10(6-11)9-26-15-13(18)7-12(8-14(15)19)17(21)23-25-2/h3-8H,9H2,1-2H3,(H2,20,22)(H2,21,23). The van der Waals surface area contributed by atoms with E-state index < -0.39 is 0 Å². The zero-order chi connectivity index (χ0) is 19.1. The van der Waals surface area contributed by atoms with Gasteiger partial charge in [0, 0.05) is 11.1 Å². The van der Waals surface area contributed by atoms with E-state index in [-0.39, 0.29) is 0 Å². The van der Waals surface area contributed by atoms with E-state index >= 15 is 0 Å². The summed E-state index contributed by atoms with van der Waals surface area (Å²) in [6.45, 7) is 0.390. The molecule has 9 heteroatoms. The molecule has 0 unspecified atom stereocenters. The number of ether oxygens (including phenoxy) is 1. The highest BCUT2D eigenvalue weighted by atomic mass is 127. The Labute approximate surface area is 179 Å². The third kappa shape index (κ3) is 5.37. The molecule has 0 fully saturated rings. The van der Waals surface area contributed by atoms with Crippen molar-refractivity contribution in [2.24, 2.45) is 21.8 Å². The third-order valence-corrected chi connectivity index (χ3v) is 4.88. The molecular formula is C17H18I2N4O3. The highest BCUT2D eigenvalue weighted by Gasteiger charge is 2.12. The van der Waals surface area contributed by atoms with Crippen LogP contribution in [-0.2, 0) is 16.3 Å². The topological polar surface area (TPSA) is 104 Å². The summed E-state index contributed by atoms with van der Waals surface area (Å²) in [6.07, 6.45) is 0. The first-order valence-electron chi connectivity index (χ1n) is 7.41. The maximum absolute atomic E-state index is 6.00. The molecule has 0 aliphatic rings. The van der Waals surface area contributed by atoms with Crippen molar-refractivity contribution in [3.8, 4) is 5.75 Å². The minimum absolute atomic E-state index is 0.315. The van der Waals surface area contributed by atoms with Crippen LogP contribution in [0.2, 0.25) is 0 Å². The molecule has 0 aromatic heterocycles. The minimum atomic E-state index is 0.315. The Kier molecular flexibility index (Phi) is 7.75. The Balaban J connectivity index is 2.19. The van der Waals surface area contributed by atoms with E-state index in [2.05, 4.69) is 55.5 Å². The van der Waals surface area contributed by atoms with Crippen molar-refractivity contribution in [2.45, 2.75) is 6.61 Å². The summed E-state index contributed by atoms with van der Waals surface area (Å²) in [4.78, 5) is 9.43. The van der Waals surface area contributed by atoms with Gasteiger partial charge in [-0.05, 0) is 68.9 Å². The van der Waals surface area contributed by atoms with Crippen LogP contribution >= 0.6 is 45.2 Å². The fraction of sp³-hybridized carbons (Fsp3) is 0.176. The number of nitrogens with two attached hydrogens (primary N) is 2. The molecule has 0 aliphatic heterocycles. The monoisotopic (exact) mass is 580 g/mol. The molecule has 0 heterocycles. The van der Waals surface area contributed by atoms with Crippen molar-refractivity contribution in [1.82, 2.24) is 0 Å². The molecule has 0 amide bonds. The van der Waals surface area contributed by atoms with E-state index in [0.717, 1.165) is 29.6 Å². The van der Waals surface area contributed by atoms with E-state index in [1.54, 1.807) is 0 Å². The number of rotatable bonds is 7. The molecule has 0 aliphatic carbocycles. The summed E-state index contributed by atoms with van der Waals surface area (Å²) in [5, 5.41) is 7.50. The lowest BCUT2D eigenvalue weighted by molar-refractivity contribution is 0.213. The number of hydrogen-bond acceptors (Lipinski definition) is 5. The van der Waals surface area contributed by atoms with Crippen LogP contribution in [0.1, 0.15) is 16.7 Å². The predicted octanol–water partition coefficient (Wildman–Crippen LogP) is 3.01. The average molecular weight is 580 g/mol. The Hall–Kier alpha value is -1.76. The van der Waals surface area contributed by atoms with Crippen LogP contribution in [0.5, 0.6) is 5.75 Å². The lowest BCUT2D eigenvalue weighted by atomic mass is 10.1. The summed E-state index contributed by atoms with van der Waals surface area (Å²) in [5.41, 5.74) is 14.2. The van der Waals surface area contributed by atoms with Crippen molar-refractivity contribution in [3.05, 3.63) is 60.2 Å². The van der Waals surface area contributed by atoms with Gasteiger partial charge in [-0.3, -0.25) is 0 Å². The van der Waals surface area contributed by atoms with Crippen molar-refractivity contribution >= 4 is 56.9 Å². The van der Waals surface area contributed by atoms with Crippen molar-refractivity contribution in [1.29, 1.82) is 0 Å². The first-order valence-corrected chi connectivity index (χ1v) is 9.56. The summed E-state index contributed by atoms with van der Waals surface area (Å²) < 4.78 is 7.86. The van der Waals surface area contributed by atoms with E-state index in [4.69, 9.17) is 25.9 Å². The second-order valence-electron chi connectivity index (χ2n) is 5.08. The molecule has 2 rings (SSSR count). The summed E-state index contributed by atoms with van der Waals surface area (Å²) in [6, 6.07) is 11.4. The zero-order valence-electron chi connectivity index (χ0n) is 14.2. The number of oxime groups is 2. The van der Waals surface area contributed by atoms with Crippen LogP contribution in [-0.4, -0.2) is 25.9 Å². The van der Waals surface area contributed by atoms with Crippen LogP contribution in [0.4, 0.5) is 0 Å². The van der Waals surface area contributed by atoms with Gasteiger partial charge in [-0.25, -0.2) is 0 Å². The maximum atomic E-state index is 6.00. The lowest BCUT2D eigenvalue weighted by Crippen LogP contribution is -2.15. The Morgan fingerprint density at radius 3 is 2.08 bits per heavy atom. The third-order valence-electron chi connectivity index (χ3n) is 3.28. The van der Waals surface area contributed by atoms with Gasteiger partial charge in [-0.1, -0.05) is 28.5 Å². The summed E-state index contributed by atoms with van der Waals surface area (Å²) in [5.74, 6) is 1.41. The van der Waals surface area contributed by atoms with Crippen molar-refractivity contribution < 1.29 is 14.4 Å². The quantitative estimate of drug-likeness (QED) is 0.227. The smallest absolute Gasteiger partial charge is 0.170 e. The largest absolute Gasteiger partial charge is 0.487 e. The number of benzene rings is 2. The summed E-state index contributed by atoms with van der Waals surface area (Å²) in [7, 11) is 2.91. The molecule has 138 valence electrons. The van der Waals surface area contributed by atoms with E-state index in [1.165, 1.54) is 14.2 Å². The Morgan fingerprint density at radius 1 is 0.923 bits per heavy atom. The number of halogens is 2. The molecule has 0 bridgehead atoms. The van der Waals surface area contributed by atoms with Gasteiger partial charge >= 0.3 is 0 Å². The number of amidine groups is 2. The van der Waals surface area contributed by atoms with E-state index in [9.17, 15) is 0 Å². The molecule has 0 saturated heterocycles. The van der Waals surface area contributed by atoms with Gasteiger partial charge in [0.05, 0.1) is 7.14 Å². The van der Waals surface area contributed by atoms with E-state index in [0.29, 0.717) is 18.3 Å². The van der Waals surface area contributed by atoms with Crippen molar-refractivity contribution in [2.75, 3.05) is 14.2 Å². The van der Waals surface area contributed by atoms with Gasteiger partial charge in [-0.15, -0.1) is 0 Å². The lowest BCUT2D eigenvalue weighted by Gasteiger charge is -2.13. The van der Waals surface area contributed by atoms with Gasteiger partial charge in [0.1, 0.15) is 26.6 Å². The summed E-state index contributed by atoms with van der Waals surface area (Å²) >= 11 is 4.42. The Morgan fingerprint density at radius 2 is 1.50 bits per heavy atom. The first kappa shape index (κ1) is 20.6. The molecule has 2 aromatic rings. The predicted molar refractivity (Wildman–Crippen MR) is 118 cm³/mol. The van der Waals surface area contributed by atoms with E-state index in [1.807, 2.05) is 36.4 Å². The molecule has 0 radical (unpaired) electrons. The van der Waals surface area contributed by atoms with Gasteiger partial charge in [0.15, 0.2) is 11.7 Å². The van der Waals surface area contributed by atoms with Crippen LogP contribution < -0.4 is 16.2 Å². The highest BCUT2D eigenvalue weighted by Crippen LogP contribution is 2.29. The molecule has 0 saturated carbocycles. The van der Waals surface area contributed by atoms with Crippen LogP contribution in [0.25, 0.3) is 0 Å². The second-order valence-corrected chi connectivity index (χ2v) is 7.40. The van der Waals surface area contributed by atoms with Crippen LogP contribution in [0.15, 0.2) is 46.7 Å². The highest BCUT2D eigenvalue weighted by molar-refractivity contribution is 14.1. The Bertz CT molecular complexity index is 818. The van der Waals surface area contributed by atoms with Gasteiger partial charge < -0.3 is 25.9 Å². The molecule has 4 N–H and O–H groups in total. The number of nitrogens with zero attached hydrogens (tertiary/aromatic N) is 2. The average Bonchev–Trinajstić information content (AvgIpc) is 2.61. The van der Waals surface area contributed by atoms with Gasteiger partial charge in [0.2, 0.25) is 0 Å². The number of hydrogen-bond donors (Lipinski definition) is 2. The SMILES string of the molecule is CO/N=C(\N)c1cccc(COc2c(I)cc(/C(N)=N/OC)cc2I)c1. The van der Waals surface area contributed by atoms with Crippen LogP contribution in [0.3, 0.4) is 0 Å². The normalized spacial score (nSPS) is 12.0. The van der Waals surface area contributed by atoms with Crippen LogP contribution in [0, 0.1) is 7.14 Å². The molecular weight excluding hydrogens is 562 g/mol. The fourth-order valence-electron chi connectivity index (χ4n) is 2.12. The van der Waals surface area contributed by atoms with Gasteiger partial charge in [0.25, 0.3) is 0 Å². The zero-order valence-corrected chi connectivity index (χ0v) is 18.5. The second kappa shape index (κ2) is 9.80. The molecule has 7 nitrogen and oxygen atoms in total. The van der Waals surface area contributed by atoms with Crippen molar-refractivity contribution in [3.63, 3.8) is 0 Å².